The summed E-state index contributed by atoms with van der Waals surface area (Å²) in [5, 5.41) is 4.91. The van der Waals surface area contributed by atoms with Crippen LogP contribution in [0.15, 0.2) is 66.7 Å². The number of benzene rings is 3. The Morgan fingerprint density at radius 2 is 1.71 bits per heavy atom. The summed E-state index contributed by atoms with van der Waals surface area (Å²) in [4.78, 5) is 23.5. The number of aldehydes is 1. The minimum Gasteiger partial charge on any atom is -0.480 e. The third-order valence-electron chi connectivity index (χ3n) is 3.77. The van der Waals surface area contributed by atoms with Gasteiger partial charge in [0.15, 0.2) is 12.4 Å². The third-order valence-corrected chi connectivity index (χ3v) is 3.77. The monoisotopic (exact) mass is 319 g/mol. The van der Waals surface area contributed by atoms with E-state index in [1.165, 1.54) is 0 Å². The number of nitrogens with one attached hydrogen (secondary N) is 1. The van der Waals surface area contributed by atoms with E-state index in [0.717, 1.165) is 16.5 Å². The number of hydrogen-bond acceptors (Lipinski definition) is 3. The van der Waals surface area contributed by atoms with Crippen molar-refractivity contribution in [2.75, 3.05) is 5.32 Å². The summed E-state index contributed by atoms with van der Waals surface area (Å²) < 4.78 is 5.64. The van der Waals surface area contributed by atoms with Crippen LogP contribution in [0.5, 0.6) is 5.75 Å². The van der Waals surface area contributed by atoms with Crippen molar-refractivity contribution in [3.8, 4) is 5.75 Å². The van der Waals surface area contributed by atoms with Gasteiger partial charge in [-0.1, -0.05) is 48.5 Å². The molecule has 0 fully saturated rings. The van der Waals surface area contributed by atoms with Crippen LogP contribution in [0, 0.1) is 0 Å². The van der Waals surface area contributed by atoms with E-state index in [2.05, 4.69) is 5.32 Å². The van der Waals surface area contributed by atoms with Crippen LogP contribution in [-0.2, 0) is 4.79 Å². The summed E-state index contributed by atoms with van der Waals surface area (Å²) in [7, 11) is 0. The Kier molecular flexibility index (Phi) is 4.57. The maximum Gasteiger partial charge on any atom is 0.265 e. The van der Waals surface area contributed by atoms with Gasteiger partial charge < -0.3 is 10.1 Å². The summed E-state index contributed by atoms with van der Waals surface area (Å²) in [5.41, 5.74) is 1.15. The molecule has 3 rings (SSSR count). The first-order chi connectivity index (χ1) is 11.7. The lowest BCUT2D eigenvalue weighted by Gasteiger charge is -2.16. The van der Waals surface area contributed by atoms with Gasteiger partial charge in [0.05, 0.1) is 5.56 Å². The van der Waals surface area contributed by atoms with Crippen LogP contribution in [0.1, 0.15) is 17.3 Å². The van der Waals surface area contributed by atoms with Crippen LogP contribution in [0.3, 0.4) is 0 Å². The fourth-order valence-corrected chi connectivity index (χ4v) is 2.50. The molecule has 0 saturated carbocycles. The second-order valence-corrected chi connectivity index (χ2v) is 5.43. The Bertz CT molecular complexity index is 883. The van der Waals surface area contributed by atoms with Crippen LogP contribution < -0.4 is 10.1 Å². The van der Waals surface area contributed by atoms with Gasteiger partial charge in [-0.15, -0.1) is 0 Å². The number of fused-ring (bicyclic) bond motifs is 1. The fraction of sp³-hybridized carbons (Fsp3) is 0.100. The first kappa shape index (κ1) is 15.7. The lowest BCUT2D eigenvalue weighted by molar-refractivity contribution is -0.122. The summed E-state index contributed by atoms with van der Waals surface area (Å²) in [6, 6.07) is 20.4. The number of carbonyl (C=O) groups excluding carboxylic acids is 2. The lowest BCUT2D eigenvalue weighted by Crippen LogP contribution is -2.30. The molecule has 0 spiro atoms. The van der Waals surface area contributed by atoms with Gasteiger partial charge in [0.2, 0.25) is 0 Å². The molecule has 4 nitrogen and oxygen atoms in total. The number of ether oxygens (including phenoxy) is 1. The van der Waals surface area contributed by atoms with Crippen LogP contribution in [-0.4, -0.2) is 18.3 Å². The molecule has 1 atom stereocenters. The molecule has 120 valence electrons. The molecule has 0 aliphatic heterocycles. The van der Waals surface area contributed by atoms with Gasteiger partial charge in [-0.05, 0) is 30.5 Å². The fourth-order valence-electron chi connectivity index (χ4n) is 2.50. The smallest absolute Gasteiger partial charge is 0.265 e. The highest BCUT2D eigenvalue weighted by molar-refractivity contribution is 6.03. The topological polar surface area (TPSA) is 55.4 Å². The molecule has 0 radical (unpaired) electrons. The summed E-state index contributed by atoms with van der Waals surface area (Å²) >= 11 is 0. The van der Waals surface area contributed by atoms with Crippen molar-refractivity contribution in [2.24, 2.45) is 0 Å². The van der Waals surface area contributed by atoms with E-state index < -0.39 is 6.10 Å². The van der Waals surface area contributed by atoms with Crippen LogP contribution in [0.2, 0.25) is 0 Å². The molecule has 24 heavy (non-hydrogen) atoms. The van der Waals surface area contributed by atoms with Crippen molar-refractivity contribution in [3.63, 3.8) is 0 Å². The van der Waals surface area contributed by atoms with E-state index in [4.69, 9.17) is 4.74 Å². The maximum atomic E-state index is 12.4. The zero-order valence-electron chi connectivity index (χ0n) is 13.2. The second-order valence-electron chi connectivity index (χ2n) is 5.43. The number of rotatable bonds is 5. The normalized spacial score (nSPS) is 11.7. The lowest BCUT2D eigenvalue weighted by atomic mass is 10.1. The highest BCUT2D eigenvalue weighted by Crippen LogP contribution is 2.23. The molecule has 1 amide bonds. The van der Waals surface area contributed by atoms with Crippen LogP contribution >= 0.6 is 0 Å². The molecule has 4 heteroatoms. The highest BCUT2D eigenvalue weighted by Gasteiger charge is 2.17. The molecule has 0 saturated heterocycles. The van der Waals surface area contributed by atoms with E-state index in [0.29, 0.717) is 17.6 Å². The predicted molar refractivity (Wildman–Crippen MR) is 94.5 cm³/mol. The van der Waals surface area contributed by atoms with E-state index in [-0.39, 0.29) is 5.91 Å². The zero-order chi connectivity index (χ0) is 16.9. The molecule has 0 bridgehead atoms. The minimum atomic E-state index is -0.731. The SMILES string of the molecule is C[C@@H](Oc1ccccc1C=O)C(=O)Nc1cccc2ccccc12. The van der Waals surface area contributed by atoms with Crippen molar-refractivity contribution in [1.29, 1.82) is 0 Å². The number of anilines is 1. The van der Waals surface area contributed by atoms with Crippen LogP contribution in [0.4, 0.5) is 5.69 Å². The van der Waals surface area contributed by atoms with Crippen LogP contribution in [0.25, 0.3) is 10.8 Å². The third kappa shape index (κ3) is 3.27. The first-order valence-electron chi connectivity index (χ1n) is 7.68. The van der Waals surface area contributed by atoms with E-state index in [9.17, 15) is 9.59 Å². The number of carbonyl (C=O) groups is 2. The Morgan fingerprint density at radius 3 is 2.54 bits per heavy atom. The average molecular weight is 319 g/mol. The predicted octanol–water partition coefficient (Wildman–Crippen LogP) is 4.06. The Hall–Kier alpha value is -3.14. The van der Waals surface area contributed by atoms with E-state index in [1.54, 1.807) is 31.2 Å². The van der Waals surface area contributed by atoms with Crippen molar-refractivity contribution in [1.82, 2.24) is 0 Å². The summed E-state index contributed by atoms with van der Waals surface area (Å²) in [6.07, 6.45) is -0.0185. The number of amides is 1. The quantitative estimate of drug-likeness (QED) is 0.722. The Morgan fingerprint density at radius 1 is 1.00 bits per heavy atom. The molecular weight excluding hydrogens is 302 g/mol. The number of hydrogen-bond donors (Lipinski definition) is 1. The van der Waals surface area contributed by atoms with Gasteiger partial charge in [-0.25, -0.2) is 0 Å². The number of para-hydroxylation sites is 1. The molecule has 0 aliphatic rings. The summed E-state index contributed by atoms with van der Waals surface area (Å²) in [5.74, 6) is 0.125. The molecule has 3 aromatic carbocycles. The van der Waals surface area contributed by atoms with Crippen molar-refractivity contribution in [3.05, 3.63) is 72.3 Å². The van der Waals surface area contributed by atoms with Gasteiger partial charge in [0.1, 0.15) is 5.75 Å². The Labute approximate surface area is 140 Å². The van der Waals surface area contributed by atoms with Gasteiger partial charge in [0.25, 0.3) is 5.91 Å². The average Bonchev–Trinajstić information content (AvgIpc) is 2.62. The highest BCUT2D eigenvalue weighted by atomic mass is 16.5. The first-order valence-corrected chi connectivity index (χ1v) is 7.68. The van der Waals surface area contributed by atoms with Crippen molar-refractivity contribution < 1.29 is 14.3 Å². The second kappa shape index (κ2) is 6.96. The van der Waals surface area contributed by atoms with E-state index >= 15 is 0 Å². The van der Waals surface area contributed by atoms with Gasteiger partial charge in [0, 0.05) is 11.1 Å². The standard InChI is InChI=1S/C20H17NO3/c1-14(24-19-12-5-3-8-16(19)13-22)20(23)21-18-11-6-9-15-7-2-4-10-17(15)18/h2-14H,1H3,(H,21,23)/t14-/m1/s1. The molecular formula is C20H17NO3. The van der Waals surface area contributed by atoms with Crippen molar-refractivity contribution in [2.45, 2.75) is 13.0 Å². The largest absolute Gasteiger partial charge is 0.480 e. The molecule has 3 aromatic rings. The summed E-state index contributed by atoms with van der Waals surface area (Å²) in [6.45, 7) is 1.65. The zero-order valence-corrected chi connectivity index (χ0v) is 13.2. The molecule has 0 unspecified atom stereocenters. The van der Waals surface area contributed by atoms with Gasteiger partial charge >= 0.3 is 0 Å². The molecule has 0 heterocycles. The van der Waals surface area contributed by atoms with Crippen molar-refractivity contribution >= 4 is 28.7 Å². The van der Waals surface area contributed by atoms with E-state index in [1.807, 2.05) is 42.5 Å². The molecule has 0 aromatic heterocycles. The maximum absolute atomic E-state index is 12.4. The molecule has 0 aliphatic carbocycles. The Balaban J connectivity index is 1.77. The van der Waals surface area contributed by atoms with Gasteiger partial charge in [-0.3, -0.25) is 9.59 Å². The minimum absolute atomic E-state index is 0.271. The van der Waals surface area contributed by atoms with Gasteiger partial charge in [-0.2, -0.15) is 0 Å². The molecule has 1 N–H and O–H groups in total.